The normalized spacial score (nSPS) is 18.1. The first-order valence-corrected chi connectivity index (χ1v) is 11.5. The zero-order chi connectivity index (χ0) is 18.0. The first-order valence-electron chi connectivity index (χ1n) is 8.58. The molecule has 5 heteroatoms. The fraction of sp³-hybridized carbons (Fsp3) is 0.632. The van der Waals surface area contributed by atoms with Gasteiger partial charge in [-0.05, 0) is 48.7 Å². The van der Waals surface area contributed by atoms with Gasteiger partial charge in [-0.1, -0.05) is 32.9 Å². The molecule has 24 heavy (non-hydrogen) atoms. The number of hydrogen-bond donors (Lipinski definition) is 0. The largest absolute Gasteiger partial charge is 0.544 e. The van der Waals surface area contributed by atoms with Gasteiger partial charge in [0.05, 0.1) is 12.5 Å². The van der Waals surface area contributed by atoms with Crippen molar-refractivity contribution < 1.29 is 18.7 Å². The van der Waals surface area contributed by atoms with Gasteiger partial charge < -0.3 is 13.9 Å². The van der Waals surface area contributed by atoms with Gasteiger partial charge in [-0.15, -0.1) is 0 Å². The minimum atomic E-state index is -1.86. The molecule has 1 heterocycles. The number of carbonyl (C=O) groups excluding carboxylic acids is 1. The van der Waals surface area contributed by atoms with Crippen molar-refractivity contribution in [2.75, 3.05) is 20.3 Å². The van der Waals surface area contributed by atoms with Crippen LogP contribution in [-0.4, -0.2) is 34.6 Å². The summed E-state index contributed by atoms with van der Waals surface area (Å²) >= 11 is 0. The molecule has 0 unspecified atom stereocenters. The summed E-state index contributed by atoms with van der Waals surface area (Å²) in [5, 5.41) is 0.152. The molecule has 134 valence electrons. The number of benzene rings is 1. The number of ether oxygens (including phenoxy) is 2. The van der Waals surface area contributed by atoms with Crippen LogP contribution in [0.2, 0.25) is 18.1 Å². The highest BCUT2D eigenvalue weighted by molar-refractivity contribution is 6.74. The Kier molecular flexibility index (Phi) is 5.45. The lowest BCUT2D eigenvalue weighted by Gasteiger charge is -2.37. The van der Waals surface area contributed by atoms with Gasteiger partial charge >= 0.3 is 5.97 Å². The maximum atomic E-state index is 12.4. The van der Waals surface area contributed by atoms with Crippen molar-refractivity contribution in [1.82, 2.24) is 0 Å². The van der Waals surface area contributed by atoms with Crippen LogP contribution in [0.15, 0.2) is 24.3 Å². The predicted octanol–water partition coefficient (Wildman–Crippen LogP) is 4.29. The van der Waals surface area contributed by atoms with Crippen molar-refractivity contribution >= 4 is 14.3 Å². The van der Waals surface area contributed by atoms with Gasteiger partial charge in [0.1, 0.15) is 5.75 Å². The van der Waals surface area contributed by atoms with Crippen LogP contribution in [0.5, 0.6) is 5.75 Å². The number of rotatable bonds is 4. The van der Waals surface area contributed by atoms with E-state index in [1.165, 1.54) is 7.11 Å². The Morgan fingerprint density at radius 1 is 1.12 bits per heavy atom. The van der Waals surface area contributed by atoms with Crippen LogP contribution in [-0.2, 0) is 19.7 Å². The standard InChI is InChI=1S/C19H30O4Si/c1-18(2,3)24(5,6)23-16-9-7-15(8-10-16)19(17(20)21-4)11-13-22-14-12-19/h7-10H,11-14H2,1-6H3. The van der Waals surface area contributed by atoms with Crippen LogP contribution in [0, 0.1) is 0 Å². The van der Waals surface area contributed by atoms with E-state index in [2.05, 4.69) is 33.9 Å². The maximum Gasteiger partial charge on any atom is 0.316 e. The van der Waals surface area contributed by atoms with Crippen LogP contribution >= 0.6 is 0 Å². The van der Waals surface area contributed by atoms with Crippen molar-refractivity contribution in [2.24, 2.45) is 0 Å². The Labute approximate surface area is 146 Å². The Hall–Kier alpha value is -1.33. The molecular formula is C19H30O4Si. The number of methoxy groups -OCH3 is 1. The summed E-state index contributed by atoms with van der Waals surface area (Å²) in [7, 11) is -0.409. The lowest BCUT2D eigenvalue weighted by Crippen LogP contribution is -2.44. The third kappa shape index (κ3) is 3.67. The minimum Gasteiger partial charge on any atom is -0.544 e. The quantitative estimate of drug-likeness (QED) is 0.600. The Morgan fingerprint density at radius 3 is 2.12 bits per heavy atom. The van der Waals surface area contributed by atoms with E-state index in [4.69, 9.17) is 13.9 Å². The number of hydrogen-bond acceptors (Lipinski definition) is 4. The summed E-state index contributed by atoms with van der Waals surface area (Å²) in [6.07, 6.45) is 1.31. The van der Waals surface area contributed by atoms with Gasteiger partial charge in [-0.25, -0.2) is 0 Å². The molecule has 0 amide bonds. The monoisotopic (exact) mass is 350 g/mol. The molecule has 0 N–H and O–H groups in total. The van der Waals surface area contributed by atoms with Crippen molar-refractivity contribution in [3.8, 4) is 5.75 Å². The van der Waals surface area contributed by atoms with Gasteiger partial charge in [0.2, 0.25) is 8.32 Å². The molecule has 1 aliphatic heterocycles. The third-order valence-corrected chi connectivity index (χ3v) is 9.87. The van der Waals surface area contributed by atoms with E-state index in [-0.39, 0.29) is 11.0 Å². The molecule has 1 aromatic rings. The summed E-state index contributed by atoms with van der Waals surface area (Å²) in [5.41, 5.74) is 0.392. The fourth-order valence-electron chi connectivity index (χ4n) is 2.82. The van der Waals surface area contributed by atoms with Crippen molar-refractivity contribution in [1.29, 1.82) is 0 Å². The average molecular weight is 351 g/mol. The van der Waals surface area contributed by atoms with Crippen molar-refractivity contribution in [2.45, 2.75) is 57.2 Å². The highest BCUT2D eigenvalue weighted by Crippen LogP contribution is 2.39. The molecule has 0 radical (unpaired) electrons. The molecule has 0 saturated carbocycles. The minimum absolute atomic E-state index is 0.152. The molecule has 0 atom stereocenters. The predicted molar refractivity (Wildman–Crippen MR) is 98.0 cm³/mol. The summed E-state index contributed by atoms with van der Waals surface area (Å²) < 4.78 is 16.9. The topological polar surface area (TPSA) is 44.8 Å². The van der Waals surface area contributed by atoms with Gasteiger partial charge in [0.15, 0.2) is 0 Å². The zero-order valence-corrected chi connectivity index (χ0v) is 16.8. The molecule has 4 nitrogen and oxygen atoms in total. The molecule has 1 saturated heterocycles. The SMILES string of the molecule is COC(=O)C1(c2ccc(O[Si](C)(C)C(C)(C)C)cc2)CCOCC1. The van der Waals surface area contributed by atoms with Crippen LogP contribution in [0.1, 0.15) is 39.2 Å². The Bertz CT molecular complexity index is 566. The average Bonchev–Trinajstić information content (AvgIpc) is 2.54. The zero-order valence-electron chi connectivity index (χ0n) is 15.8. The molecule has 0 spiro atoms. The van der Waals surface area contributed by atoms with Gasteiger partial charge in [0, 0.05) is 13.2 Å². The van der Waals surface area contributed by atoms with E-state index in [9.17, 15) is 4.79 Å². The van der Waals surface area contributed by atoms with E-state index >= 15 is 0 Å². The van der Waals surface area contributed by atoms with E-state index in [1.54, 1.807) is 0 Å². The first kappa shape index (κ1) is 19.0. The summed E-state index contributed by atoms with van der Waals surface area (Å²) in [6.45, 7) is 12.3. The Morgan fingerprint density at radius 2 is 1.67 bits per heavy atom. The second-order valence-corrected chi connectivity index (χ2v) is 12.8. The summed E-state index contributed by atoms with van der Waals surface area (Å²) in [4.78, 5) is 12.4. The van der Waals surface area contributed by atoms with Gasteiger partial charge in [-0.3, -0.25) is 4.79 Å². The molecule has 1 fully saturated rings. The van der Waals surface area contributed by atoms with Crippen LogP contribution in [0.3, 0.4) is 0 Å². The maximum absolute atomic E-state index is 12.4. The second-order valence-electron chi connectivity index (χ2n) is 8.07. The first-order chi connectivity index (χ1) is 11.1. The molecule has 0 bridgehead atoms. The lowest BCUT2D eigenvalue weighted by atomic mass is 9.74. The molecule has 1 aromatic carbocycles. The summed E-state index contributed by atoms with van der Waals surface area (Å²) in [5.74, 6) is 0.696. The molecule has 0 aromatic heterocycles. The van der Waals surface area contributed by atoms with Crippen molar-refractivity contribution in [3.05, 3.63) is 29.8 Å². The number of esters is 1. The smallest absolute Gasteiger partial charge is 0.316 e. The molecule has 1 aliphatic rings. The highest BCUT2D eigenvalue weighted by atomic mass is 28.4. The van der Waals surface area contributed by atoms with Gasteiger partial charge in [0.25, 0.3) is 0 Å². The van der Waals surface area contributed by atoms with Crippen LogP contribution in [0.4, 0.5) is 0 Å². The third-order valence-electron chi connectivity index (χ3n) is 5.51. The van der Waals surface area contributed by atoms with E-state index in [1.807, 2.05) is 24.3 Å². The molecule has 2 rings (SSSR count). The van der Waals surface area contributed by atoms with Crippen LogP contribution < -0.4 is 4.43 Å². The molecule has 0 aliphatic carbocycles. The van der Waals surface area contributed by atoms with E-state index < -0.39 is 13.7 Å². The van der Waals surface area contributed by atoms with Crippen LogP contribution in [0.25, 0.3) is 0 Å². The summed E-state index contributed by atoms with van der Waals surface area (Å²) in [6, 6.07) is 7.97. The van der Waals surface area contributed by atoms with Crippen molar-refractivity contribution in [3.63, 3.8) is 0 Å². The molecular weight excluding hydrogens is 320 g/mol. The lowest BCUT2D eigenvalue weighted by molar-refractivity contribution is -0.151. The number of carbonyl (C=O) groups is 1. The highest BCUT2D eigenvalue weighted by Gasteiger charge is 2.43. The Balaban J connectivity index is 2.26. The second kappa shape index (κ2) is 6.88. The fourth-order valence-corrected chi connectivity index (χ4v) is 3.85. The van der Waals surface area contributed by atoms with E-state index in [0.29, 0.717) is 26.1 Å². The van der Waals surface area contributed by atoms with Gasteiger partial charge in [-0.2, -0.15) is 0 Å². The van der Waals surface area contributed by atoms with E-state index in [0.717, 1.165) is 11.3 Å².